The summed E-state index contributed by atoms with van der Waals surface area (Å²) in [6.45, 7) is 11.2. The third kappa shape index (κ3) is 10.2. The minimum atomic E-state index is -0.782. The van der Waals surface area contributed by atoms with Gasteiger partial charge in [0.15, 0.2) is 0 Å². The van der Waals surface area contributed by atoms with E-state index >= 15 is 0 Å². The predicted octanol–water partition coefficient (Wildman–Crippen LogP) is 4.50. The Morgan fingerprint density at radius 2 is 1.86 bits per heavy atom. The molecule has 0 bridgehead atoms. The smallest absolute Gasteiger partial charge is 0.333 e. The Hall–Kier alpha value is -1.61. The highest BCUT2D eigenvalue weighted by atomic mass is 16.5. The van der Waals surface area contributed by atoms with Crippen LogP contribution in [0.1, 0.15) is 53.4 Å². The van der Waals surface area contributed by atoms with Crippen LogP contribution in [0, 0.1) is 0 Å². The summed E-state index contributed by atoms with van der Waals surface area (Å²) in [5, 5.41) is 9.75. The molecule has 3 nitrogen and oxygen atoms in total. The highest BCUT2D eigenvalue weighted by Gasteiger charge is 2.12. The molecule has 0 aromatic rings. The van der Waals surface area contributed by atoms with Gasteiger partial charge >= 0.3 is 5.97 Å². The van der Waals surface area contributed by atoms with Crippen molar-refractivity contribution in [1.82, 2.24) is 0 Å². The molecule has 3 heteroatoms. The molecule has 0 saturated heterocycles. The van der Waals surface area contributed by atoms with Crippen molar-refractivity contribution in [2.75, 3.05) is 6.61 Å². The number of ether oxygens (including phenoxy) is 1. The summed E-state index contributed by atoms with van der Waals surface area (Å²) in [5.41, 5.74) is 0.904. The second kappa shape index (κ2) is 11.0. The van der Waals surface area contributed by atoms with E-state index in [2.05, 4.69) is 24.8 Å². The van der Waals surface area contributed by atoms with E-state index in [0.29, 0.717) is 18.6 Å². The molecular formula is C19H30O3. The molecule has 0 heterocycles. The number of unbranched alkanes of at least 4 members (excludes halogenated alkanes) is 1. The zero-order chi connectivity index (χ0) is 17.0. The number of allylic oxidation sites excluding steroid dienone is 4. The summed E-state index contributed by atoms with van der Waals surface area (Å²) in [7, 11) is 0. The van der Waals surface area contributed by atoms with Gasteiger partial charge in [0.25, 0.3) is 0 Å². The summed E-state index contributed by atoms with van der Waals surface area (Å²) in [6.07, 6.45) is 13.0. The van der Waals surface area contributed by atoms with Crippen LogP contribution >= 0.6 is 0 Å². The standard InChI is InChI=1S/C19H30O3/c1-6-17(4)18(20)22-15-16(3)13-11-9-8-10-12-14-19(5,21)7-2/h6-8,10,13,21H,2,9,11-12,14-15H2,1,3-5H3. The number of hydrogen-bond acceptors (Lipinski definition) is 3. The molecule has 0 aliphatic heterocycles. The lowest BCUT2D eigenvalue weighted by atomic mass is 10.0. The van der Waals surface area contributed by atoms with E-state index in [1.807, 2.05) is 13.8 Å². The van der Waals surface area contributed by atoms with Crippen molar-refractivity contribution in [3.63, 3.8) is 0 Å². The highest BCUT2D eigenvalue weighted by molar-refractivity contribution is 5.87. The van der Waals surface area contributed by atoms with Crippen molar-refractivity contribution in [2.45, 2.75) is 59.0 Å². The maximum Gasteiger partial charge on any atom is 0.333 e. The van der Waals surface area contributed by atoms with Crippen molar-refractivity contribution in [3.05, 3.63) is 48.1 Å². The van der Waals surface area contributed by atoms with Gasteiger partial charge in [-0.15, -0.1) is 6.58 Å². The van der Waals surface area contributed by atoms with E-state index in [9.17, 15) is 9.90 Å². The van der Waals surface area contributed by atoms with Crippen LogP contribution in [0.4, 0.5) is 0 Å². The Labute approximate surface area is 135 Å². The van der Waals surface area contributed by atoms with Gasteiger partial charge in [-0.25, -0.2) is 4.79 Å². The minimum absolute atomic E-state index is 0.260. The van der Waals surface area contributed by atoms with Crippen LogP contribution in [0.2, 0.25) is 0 Å². The molecule has 0 radical (unpaired) electrons. The number of carbonyl (C=O) groups excluding carboxylic acids is 1. The Morgan fingerprint density at radius 3 is 2.45 bits per heavy atom. The third-order valence-corrected chi connectivity index (χ3v) is 3.44. The first kappa shape index (κ1) is 20.4. The van der Waals surface area contributed by atoms with Gasteiger partial charge in [-0.3, -0.25) is 0 Å². The van der Waals surface area contributed by atoms with E-state index in [0.717, 1.165) is 24.8 Å². The van der Waals surface area contributed by atoms with Crippen LogP contribution in [0.25, 0.3) is 0 Å². The summed E-state index contributed by atoms with van der Waals surface area (Å²) in [6, 6.07) is 0. The van der Waals surface area contributed by atoms with Crippen molar-refractivity contribution in [1.29, 1.82) is 0 Å². The van der Waals surface area contributed by atoms with Crippen molar-refractivity contribution >= 4 is 5.97 Å². The fraction of sp³-hybridized carbons (Fsp3) is 0.526. The van der Waals surface area contributed by atoms with Crippen molar-refractivity contribution in [3.8, 4) is 0 Å². The lowest BCUT2D eigenvalue weighted by Gasteiger charge is -2.16. The van der Waals surface area contributed by atoms with E-state index in [1.165, 1.54) is 0 Å². The molecule has 0 spiro atoms. The molecule has 0 amide bonds. The van der Waals surface area contributed by atoms with Gasteiger partial charge in [-0.2, -0.15) is 0 Å². The number of esters is 1. The van der Waals surface area contributed by atoms with Crippen molar-refractivity contribution < 1.29 is 14.6 Å². The Kier molecular flexibility index (Phi) is 10.2. The van der Waals surface area contributed by atoms with Crippen LogP contribution in [0.3, 0.4) is 0 Å². The number of aliphatic hydroxyl groups is 1. The van der Waals surface area contributed by atoms with E-state index in [-0.39, 0.29) is 5.97 Å². The zero-order valence-corrected chi connectivity index (χ0v) is 14.4. The summed E-state index contributed by atoms with van der Waals surface area (Å²) in [4.78, 5) is 11.5. The molecule has 0 aliphatic rings. The molecule has 1 unspecified atom stereocenters. The lowest BCUT2D eigenvalue weighted by molar-refractivity contribution is -0.138. The van der Waals surface area contributed by atoms with Gasteiger partial charge in [0.1, 0.15) is 6.61 Å². The van der Waals surface area contributed by atoms with E-state index in [1.54, 1.807) is 26.0 Å². The molecule has 0 fully saturated rings. The monoisotopic (exact) mass is 306 g/mol. The number of hydrogen-bond donors (Lipinski definition) is 1. The number of rotatable bonds is 10. The van der Waals surface area contributed by atoms with Crippen LogP contribution in [0.5, 0.6) is 0 Å². The van der Waals surface area contributed by atoms with Gasteiger partial charge in [0.2, 0.25) is 0 Å². The van der Waals surface area contributed by atoms with Gasteiger partial charge in [-0.05, 0) is 59.0 Å². The van der Waals surface area contributed by atoms with Crippen LogP contribution < -0.4 is 0 Å². The summed E-state index contributed by atoms with van der Waals surface area (Å²) >= 11 is 0. The maximum atomic E-state index is 11.5. The van der Waals surface area contributed by atoms with Crippen LogP contribution in [-0.2, 0) is 9.53 Å². The second-order valence-electron chi connectivity index (χ2n) is 5.75. The third-order valence-electron chi connectivity index (χ3n) is 3.44. The van der Waals surface area contributed by atoms with E-state index < -0.39 is 5.60 Å². The molecule has 0 rings (SSSR count). The quantitative estimate of drug-likeness (QED) is 0.280. The molecule has 1 atom stereocenters. The molecule has 22 heavy (non-hydrogen) atoms. The molecule has 0 saturated carbocycles. The molecule has 124 valence electrons. The first-order valence-corrected chi connectivity index (χ1v) is 7.79. The first-order valence-electron chi connectivity index (χ1n) is 7.79. The summed E-state index contributed by atoms with van der Waals surface area (Å²) < 4.78 is 5.17. The zero-order valence-electron chi connectivity index (χ0n) is 14.4. The van der Waals surface area contributed by atoms with Gasteiger partial charge in [0, 0.05) is 5.57 Å². The molecule has 0 aromatic carbocycles. The highest BCUT2D eigenvalue weighted by Crippen LogP contribution is 2.13. The fourth-order valence-electron chi connectivity index (χ4n) is 1.61. The normalized spacial score (nSPS) is 15.7. The van der Waals surface area contributed by atoms with Gasteiger partial charge in [-0.1, -0.05) is 30.4 Å². The first-order chi connectivity index (χ1) is 10.3. The van der Waals surface area contributed by atoms with Crippen LogP contribution in [0.15, 0.2) is 48.1 Å². The summed E-state index contributed by atoms with van der Waals surface area (Å²) in [5.74, 6) is -0.260. The molecule has 1 N–H and O–H groups in total. The van der Waals surface area contributed by atoms with Crippen molar-refractivity contribution in [2.24, 2.45) is 0 Å². The lowest BCUT2D eigenvalue weighted by Crippen LogP contribution is -2.19. The van der Waals surface area contributed by atoms with Gasteiger partial charge < -0.3 is 9.84 Å². The largest absolute Gasteiger partial charge is 0.458 e. The Bertz CT molecular complexity index is 440. The predicted molar refractivity (Wildman–Crippen MR) is 92.6 cm³/mol. The Balaban J connectivity index is 3.89. The van der Waals surface area contributed by atoms with E-state index in [4.69, 9.17) is 4.74 Å². The average molecular weight is 306 g/mol. The van der Waals surface area contributed by atoms with Gasteiger partial charge in [0.05, 0.1) is 5.60 Å². The number of carbonyl (C=O) groups is 1. The van der Waals surface area contributed by atoms with Crippen LogP contribution in [-0.4, -0.2) is 23.3 Å². The molecule has 0 aromatic heterocycles. The fourth-order valence-corrected chi connectivity index (χ4v) is 1.61. The maximum absolute atomic E-state index is 11.5. The molecule has 0 aliphatic carbocycles. The molecular weight excluding hydrogens is 276 g/mol. The second-order valence-corrected chi connectivity index (χ2v) is 5.75. The minimum Gasteiger partial charge on any atom is -0.458 e. The topological polar surface area (TPSA) is 46.5 Å². The average Bonchev–Trinajstić information content (AvgIpc) is 2.50. The SMILES string of the molecule is C=CC(C)(O)CCC=CCCC=C(C)COC(=O)C(C)=CC. The Morgan fingerprint density at radius 1 is 1.23 bits per heavy atom.